The Hall–Kier alpha value is -2.21. The molecule has 3 aromatic rings. The van der Waals surface area contributed by atoms with Crippen molar-refractivity contribution in [3.8, 4) is 22.8 Å². The summed E-state index contributed by atoms with van der Waals surface area (Å²) in [7, 11) is 0. The summed E-state index contributed by atoms with van der Waals surface area (Å²) in [4.78, 5) is 4.28. The van der Waals surface area contributed by atoms with E-state index in [2.05, 4.69) is 26.1 Å². The lowest BCUT2D eigenvalue weighted by molar-refractivity contribution is 0.432. The molecule has 0 aliphatic rings. The first-order valence-electron chi connectivity index (χ1n) is 5.78. The lowest BCUT2D eigenvalue weighted by Gasteiger charge is -1.98. The van der Waals surface area contributed by atoms with E-state index in [1.165, 1.54) is 12.1 Å². The van der Waals surface area contributed by atoms with E-state index >= 15 is 0 Å². The Bertz CT molecular complexity index is 755. The normalized spacial score (nSPS) is 10.7. The first kappa shape index (κ1) is 12.8. The van der Waals surface area contributed by atoms with E-state index in [1.807, 2.05) is 24.3 Å². The summed E-state index contributed by atoms with van der Waals surface area (Å²) < 4.78 is 19.3. The Kier molecular flexibility index (Phi) is 3.23. The summed E-state index contributed by atoms with van der Waals surface area (Å²) in [5.74, 6) is 0.298. The van der Waals surface area contributed by atoms with Gasteiger partial charge >= 0.3 is 0 Å². The van der Waals surface area contributed by atoms with Gasteiger partial charge < -0.3 is 10.3 Å². The number of aromatic nitrogens is 2. The van der Waals surface area contributed by atoms with Gasteiger partial charge in [0.15, 0.2) is 0 Å². The topological polar surface area (TPSA) is 64.9 Å². The molecule has 0 fully saturated rings. The van der Waals surface area contributed by atoms with Gasteiger partial charge in [-0.05, 0) is 42.5 Å². The Balaban J connectivity index is 1.97. The summed E-state index contributed by atoms with van der Waals surface area (Å²) in [6.45, 7) is 0. The number of halogens is 2. The fourth-order valence-corrected chi connectivity index (χ4v) is 2.00. The number of nitrogen functional groups attached to an aromatic ring is 1. The van der Waals surface area contributed by atoms with Crippen LogP contribution in [0.2, 0.25) is 0 Å². The van der Waals surface area contributed by atoms with Gasteiger partial charge in [-0.2, -0.15) is 4.98 Å². The molecule has 1 aromatic heterocycles. The molecule has 6 heteroatoms. The molecular formula is C14H9BrFN3O. The van der Waals surface area contributed by atoms with Gasteiger partial charge in [0, 0.05) is 15.6 Å². The van der Waals surface area contributed by atoms with E-state index < -0.39 is 5.82 Å². The molecule has 2 aromatic carbocycles. The van der Waals surface area contributed by atoms with Gasteiger partial charge in [-0.15, -0.1) is 0 Å². The van der Waals surface area contributed by atoms with E-state index in [9.17, 15) is 4.39 Å². The van der Waals surface area contributed by atoms with Crippen LogP contribution in [0.25, 0.3) is 22.8 Å². The first-order valence-corrected chi connectivity index (χ1v) is 6.58. The quantitative estimate of drug-likeness (QED) is 0.722. The predicted octanol–water partition coefficient (Wildman–Crippen LogP) is 3.89. The smallest absolute Gasteiger partial charge is 0.258 e. The van der Waals surface area contributed by atoms with Gasteiger partial charge in [0.05, 0.1) is 5.69 Å². The number of hydrogen-bond acceptors (Lipinski definition) is 4. The lowest BCUT2D eigenvalue weighted by atomic mass is 10.2. The van der Waals surface area contributed by atoms with Crippen molar-refractivity contribution in [1.29, 1.82) is 0 Å². The molecule has 0 aliphatic carbocycles. The van der Waals surface area contributed by atoms with Crippen molar-refractivity contribution in [2.45, 2.75) is 0 Å². The molecule has 20 heavy (non-hydrogen) atoms. The van der Waals surface area contributed by atoms with Crippen molar-refractivity contribution in [3.05, 3.63) is 52.8 Å². The second-order valence-corrected chi connectivity index (χ2v) is 5.08. The average Bonchev–Trinajstić information content (AvgIpc) is 2.92. The second-order valence-electron chi connectivity index (χ2n) is 4.17. The molecule has 2 N–H and O–H groups in total. The Morgan fingerprint density at radius 2 is 1.75 bits per heavy atom. The van der Waals surface area contributed by atoms with E-state index in [-0.39, 0.29) is 5.69 Å². The highest BCUT2D eigenvalue weighted by molar-refractivity contribution is 9.10. The van der Waals surface area contributed by atoms with Crippen molar-refractivity contribution in [2.24, 2.45) is 0 Å². The van der Waals surface area contributed by atoms with Crippen LogP contribution in [-0.4, -0.2) is 10.1 Å². The third-order valence-corrected chi connectivity index (χ3v) is 3.30. The number of nitrogens with zero attached hydrogens (tertiary/aromatic N) is 2. The monoisotopic (exact) mass is 333 g/mol. The Morgan fingerprint density at radius 1 is 1.05 bits per heavy atom. The third kappa shape index (κ3) is 2.42. The fourth-order valence-electron chi connectivity index (χ4n) is 1.73. The molecule has 4 nitrogen and oxygen atoms in total. The zero-order valence-electron chi connectivity index (χ0n) is 10.2. The number of hydrogen-bond donors (Lipinski definition) is 1. The van der Waals surface area contributed by atoms with Crippen LogP contribution in [0.1, 0.15) is 0 Å². The zero-order chi connectivity index (χ0) is 14.1. The molecule has 3 rings (SSSR count). The highest BCUT2D eigenvalue weighted by atomic mass is 79.9. The molecule has 0 saturated heterocycles. The second kappa shape index (κ2) is 5.05. The molecule has 0 radical (unpaired) electrons. The van der Waals surface area contributed by atoms with Crippen molar-refractivity contribution >= 4 is 21.6 Å². The van der Waals surface area contributed by atoms with Crippen LogP contribution in [0.5, 0.6) is 0 Å². The summed E-state index contributed by atoms with van der Waals surface area (Å²) in [6.07, 6.45) is 0. The van der Waals surface area contributed by atoms with E-state index in [0.717, 1.165) is 10.0 Å². The Labute approximate surface area is 122 Å². The van der Waals surface area contributed by atoms with Crippen molar-refractivity contribution in [2.75, 3.05) is 5.73 Å². The minimum atomic E-state index is -0.471. The maximum atomic E-state index is 13.1. The number of rotatable bonds is 2. The van der Waals surface area contributed by atoms with Gasteiger partial charge in [-0.3, -0.25) is 0 Å². The molecule has 0 saturated carbocycles. The highest BCUT2D eigenvalue weighted by Crippen LogP contribution is 2.25. The lowest BCUT2D eigenvalue weighted by Crippen LogP contribution is -1.90. The van der Waals surface area contributed by atoms with Crippen molar-refractivity contribution in [1.82, 2.24) is 10.1 Å². The maximum absolute atomic E-state index is 13.1. The summed E-state index contributed by atoms with van der Waals surface area (Å²) in [5.41, 5.74) is 6.98. The largest absolute Gasteiger partial charge is 0.396 e. The molecular weight excluding hydrogens is 325 g/mol. The van der Waals surface area contributed by atoms with Crippen LogP contribution in [0.15, 0.2) is 51.5 Å². The molecule has 0 amide bonds. The zero-order valence-corrected chi connectivity index (χ0v) is 11.8. The van der Waals surface area contributed by atoms with Gasteiger partial charge in [0.25, 0.3) is 5.89 Å². The number of nitrogens with two attached hydrogens (primary N) is 1. The van der Waals surface area contributed by atoms with Gasteiger partial charge in [-0.25, -0.2) is 4.39 Å². The third-order valence-electron chi connectivity index (χ3n) is 2.77. The minimum absolute atomic E-state index is 0.0471. The Morgan fingerprint density at radius 3 is 2.45 bits per heavy atom. The van der Waals surface area contributed by atoms with Gasteiger partial charge in [-0.1, -0.05) is 21.1 Å². The fraction of sp³-hybridized carbons (Fsp3) is 0. The number of benzene rings is 2. The summed E-state index contributed by atoms with van der Waals surface area (Å²) >= 11 is 3.36. The molecule has 0 atom stereocenters. The van der Waals surface area contributed by atoms with Crippen LogP contribution < -0.4 is 5.73 Å². The van der Waals surface area contributed by atoms with Crippen molar-refractivity contribution < 1.29 is 8.91 Å². The molecule has 1 heterocycles. The van der Waals surface area contributed by atoms with Crippen LogP contribution in [0.4, 0.5) is 10.1 Å². The predicted molar refractivity (Wildman–Crippen MR) is 77.2 cm³/mol. The van der Waals surface area contributed by atoms with Crippen LogP contribution in [0, 0.1) is 5.82 Å². The SMILES string of the molecule is Nc1cc(-c2nc(-c3ccc(Br)cc3)no2)ccc1F. The van der Waals surface area contributed by atoms with Crippen LogP contribution in [-0.2, 0) is 0 Å². The molecule has 0 unspecified atom stereocenters. The van der Waals surface area contributed by atoms with Crippen LogP contribution >= 0.6 is 15.9 Å². The summed E-state index contributed by atoms with van der Waals surface area (Å²) in [5, 5.41) is 3.91. The van der Waals surface area contributed by atoms with Gasteiger partial charge in [0.1, 0.15) is 5.82 Å². The summed E-state index contributed by atoms with van der Waals surface area (Å²) in [6, 6.07) is 11.8. The number of anilines is 1. The minimum Gasteiger partial charge on any atom is -0.396 e. The van der Waals surface area contributed by atoms with Crippen molar-refractivity contribution in [3.63, 3.8) is 0 Å². The standard InChI is InChI=1S/C14H9BrFN3O/c15-10-4-1-8(2-5-10)13-18-14(20-19-13)9-3-6-11(16)12(17)7-9/h1-7H,17H2. The van der Waals surface area contributed by atoms with E-state index in [4.69, 9.17) is 10.3 Å². The average molecular weight is 334 g/mol. The molecule has 0 bridgehead atoms. The van der Waals surface area contributed by atoms with Crippen LogP contribution in [0.3, 0.4) is 0 Å². The van der Waals surface area contributed by atoms with E-state index in [1.54, 1.807) is 6.07 Å². The molecule has 100 valence electrons. The maximum Gasteiger partial charge on any atom is 0.258 e. The molecule has 0 spiro atoms. The van der Waals surface area contributed by atoms with E-state index in [0.29, 0.717) is 17.3 Å². The first-order chi connectivity index (χ1) is 9.63. The highest BCUT2D eigenvalue weighted by Gasteiger charge is 2.11. The molecule has 0 aliphatic heterocycles. The van der Waals surface area contributed by atoms with Gasteiger partial charge in [0.2, 0.25) is 5.82 Å².